The average molecular weight is 360 g/mol. The highest BCUT2D eigenvalue weighted by atomic mass is 79.9. The zero-order valence-electron chi connectivity index (χ0n) is 12.9. The Morgan fingerprint density at radius 1 is 1.41 bits per heavy atom. The van der Waals surface area contributed by atoms with Gasteiger partial charge in [-0.3, -0.25) is 4.79 Å². The Bertz CT molecular complexity index is 728. The lowest BCUT2D eigenvalue weighted by atomic mass is 10.1. The van der Waals surface area contributed by atoms with E-state index < -0.39 is 0 Å². The van der Waals surface area contributed by atoms with Gasteiger partial charge < -0.3 is 9.47 Å². The third kappa shape index (κ3) is 3.58. The van der Waals surface area contributed by atoms with E-state index in [0.717, 1.165) is 10.0 Å². The summed E-state index contributed by atoms with van der Waals surface area (Å²) in [5.74, 6) is -0.0400. The van der Waals surface area contributed by atoms with Crippen LogP contribution in [0.2, 0.25) is 0 Å². The first-order chi connectivity index (χ1) is 10.4. The largest absolute Gasteiger partial charge is 0.340 e. The van der Waals surface area contributed by atoms with Crippen molar-refractivity contribution in [1.29, 1.82) is 5.26 Å². The molecule has 0 radical (unpaired) electrons. The normalized spacial score (nSPS) is 10.5. The fourth-order valence-corrected chi connectivity index (χ4v) is 2.76. The molecule has 1 aromatic carbocycles. The lowest BCUT2D eigenvalue weighted by Gasteiger charge is -2.20. The first kappa shape index (κ1) is 16.3. The quantitative estimate of drug-likeness (QED) is 0.828. The third-order valence-corrected chi connectivity index (χ3v) is 3.85. The van der Waals surface area contributed by atoms with Gasteiger partial charge >= 0.3 is 0 Å². The maximum atomic E-state index is 12.7. The molecule has 2 aromatic rings. The van der Waals surface area contributed by atoms with Crippen molar-refractivity contribution in [2.24, 2.45) is 0 Å². The minimum atomic E-state index is -0.0400. The average Bonchev–Trinajstić information content (AvgIpc) is 2.88. The Kier molecular flexibility index (Phi) is 5.04. The molecule has 0 aliphatic carbocycles. The van der Waals surface area contributed by atoms with Crippen LogP contribution in [0.3, 0.4) is 0 Å². The van der Waals surface area contributed by atoms with Crippen molar-refractivity contribution in [3.05, 3.63) is 57.8 Å². The molecule has 1 heterocycles. The summed E-state index contributed by atoms with van der Waals surface area (Å²) in [7, 11) is 1.77. The zero-order chi connectivity index (χ0) is 16.3. The molecule has 0 unspecified atom stereocenters. The molecule has 0 aliphatic heterocycles. The monoisotopic (exact) mass is 359 g/mol. The number of rotatable bonds is 4. The maximum Gasteiger partial charge on any atom is 0.270 e. The number of carbonyl (C=O) groups excluding carboxylic acids is 1. The molecule has 0 bridgehead atoms. The minimum absolute atomic E-state index is 0.0400. The highest BCUT2D eigenvalue weighted by Crippen LogP contribution is 2.21. The number of halogens is 1. The molecular weight excluding hydrogens is 342 g/mol. The maximum absolute atomic E-state index is 12.7. The van der Waals surface area contributed by atoms with Gasteiger partial charge in [0, 0.05) is 30.3 Å². The first-order valence-corrected chi connectivity index (χ1v) is 7.83. The van der Waals surface area contributed by atoms with Crippen molar-refractivity contribution in [2.45, 2.75) is 26.4 Å². The lowest BCUT2D eigenvalue weighted by molar-refractivity contribution is 0.0772. The lowest BCUT2D eigenvalue weighted by Crippen LogP contribution is -2.28. The molecule has 0 N–H and O–H groups in total. The van der Waals surface area contributed by atoms with E-state index in [-0.39, 0.29) is 11.9 Å². The van der Waals surface area contributed by atoms with E-state index in [1.54, 1.807) is 24.1 Å². The van der Waals surface area contributed by atoms with Crippen LogP contribution in [0, 0.1) is 11.3 Å². The topological polar surface area (TPSA) is 49.0 Å². The van der Waals surface area contributed by atoms with Gasteiger partial charge in [-0.05, 0) is 53.5 Å². The van der Waals surface area contributed by atoms with Gasteiger partial charge in [-0.25, -0.2) is 0 Å². The molecule has 2 rings (SSSR count). The third-order valence-electron chi connectivity index (χ3n) is 3.41. The number of hydrogen-bond donors (Lipinski definition) is 0. The Morgan fingerprint density at radius 3 is 2.77 bits per heavy atom. The van der Waals surface area contributed by atoms with E-state index in [9.17, 15) is 4.79 Å². The summed E-state index contributed by atoms with van der Waals surface area (Å²) in [4.78, 5) is 14.3. The highest BCUT2D eigenvalue weighted by molar-refractivity contribution is 9.10. The van der Waals surface area contributed by atoms with Crippen LogP contribution < -0.4 is 0 Å². The summed E-state index contributed by atoms with van der Waals surface area (Å²) in [5.41, 5.74) is 2.20. The van der Waals surface area contributed by atoms with Gasteiger partial charge in [-0.2, -0.15) is 5.26 Å². The Hall–Kier alpha value is -2.06. The van der Waals surface area contributed by atoms with Gasteiger partial charge in [-0.15, -0.1) is 0 Å². The second-order valence-corrected chi connectivity index (χ2v) is 6.43. The van der Waals surface area contributed by atoms with Crippen molar-refractivity contribution >= 4 is 21.8 Å². The van der Waals surface area contributed by atoms with Crippen molar-refractivity contribution < 1.29 is 4.79 Å². The predicted octanol–water partition coefficient (Wildman–Crippen LogP) is 3.98. The molecule has 0 spiro atoms. The van der Waals surface area contributed by atoms with Crippen LogP contribution in [-0.4, -0.2) is 22.4 Å². The van der Waals surface area contributed by atoms with E-state index >= 15 is 0 Å². The predicted molar refractivity (Wildman–Crippen MR) is 89.5 cm³/mol. The number of amides is 1. The summed E-state index contributed by atoms with van der Waals surface area (Å²) in [5, 5.41) is 8.94. The van der Waals surface area contributed by atoms with Crippen LogP contribution in [0.1, 0.15) is 41.5 Å². The minimum Gasteiger partial charge on any atom is -0.340 e. The highest BCUT2D eigenvalue weighted by Gasteiger charge is 2.18. The summed E-state index contributed by atoms with van der Waals surface area (Å²) < 4.78 is 2.85. The van der Waals surface area contributed by atoms with Crippen molar-refractivity contribution in [1.82, 2.24) is 9.47 Å². The molecule has 0 fully saturated rings. The zero-order valence-corrected chi connectivity index (χ0v) is 14.5. The van der Waals surface area contributed by atoms with Gasteiger partial charge in [0.25, 0.3) is 5.91 Å². The standard InChI is InChI=1S/C17H18BrN3O/c1-12(2)21-11-15(18)8-16(21)17(22)20(3)10-14-6-4-5-13(7-14)9-19/h4-8,11-12H,10H2,1-3H3. The number of benzene rings is 1. The summed E-state index contributed by atoms with van der Waals surface area (Å²) >= 11 is 3.43. The van der Waals surface area contributed by atoms with Crippen LogP contribution >= 0.6 is 15.9 Å². The molecule has 0 saturated heterocycles. The molecule has 1 amide bonds. The number of aromatic nitrogens is 1. The van der Waals surface area contributed by atoms with Gasteiger partial charge in [0.1, 0.15) is 5.69 Å². The van der Waals surface area contributed by atoms with Crippen LogP contribution in [0.25, 0.3) is 0 Å². The molecule has 0 saturated carbocycles. The van der Waals surface area contributed by atoms with E-state index in [0.29, 0.717) is 17.8 Å². The summed E-state index contributed by atoms with van der Waals surface area (Å²) in [6, 6.07) is 11.5. The number of nitriles is 1. The smallest absolute Gasteiger partial charge is 0.270 e. The van der Waals surface area contributed by atoms with Crippen molar-refractivity contribution in [3.8, 4) is 6.07 Å². The van der Waals surface area contributed by atoms with Gasteiger partial charge in [0.05, 0.1) is 11.6 Å². The van der Waals surface area contributed by atoms with Crippen molar-refractivity contribution in [2.75, 3.05) is 7.05 Å². The van der Waals surface area contributed by atoms with Crippen LogP contribution in [0.15, 0.2) is 41.0 Å². The molecule has 1 aromatic heterocycles. The van der Waals surface area contributed by atoms with E-state index in [1.165, 1.54) is 0 Å². The van der Waals surface area contributed by atoms with Crippen LogP contribution in [-0.2, 0) is 6.54 Å². The molecular formula is C17H18BrN3O. The fraction of sp³-hybridized carbons (Fsp3) is 0.294. The van der Waals surface area contributed by atoms with Gasteiger partial charge in [-0.1, -0.05) is 12.1 Å². The van der Waals surface area contributed by atoms with Crippen LogP contribution in [0.5, 0.6) is 0 Å². The number of carbonyl (C=O) groups is 1. The second-order valence-electron chi connectivity index (χ2n) is 5.52. The Morgan fingerprint density at radius 2 is 2.14 bits per heavy atom. The molecule has 114 valence electrons. The molecule has 4 nitrogen and oxygen atoms in total. The fourth-order valence-electron chi connectivity index (χ4n) is 2.32. The first-order valence-electron chi connectivity index (χ1n) is 7.04. The number of hydrogen-bond acceptors (Lipinski definition) is 2. The molecule has 5 heteroatoms. The summed E-state index contributed by atoms with van der Waals surface area (Å²) in [6.07, 6.45) is 1.92. The molecule has 0 atom stereocenters. The SMILES string of the molecule is CC(C)n1cc(Br)cc1C(=O)N(C)Cc1cccc(C#N)c1. The summed E-state index contributed by atoms with van der Waals surface area (Å²) in [6.45, 7) is 4.55. The van der Waals surface area contributed by atoms with E-state index in [2.05, 4.69) is 22.0 Å². The Labute approximate surface area is 139 Å². The Balaban J connectivity index is 2.21. The molecule has 0 aliphatic rings. The second kappa shape index (κ2) is 6.80. The van der Waals surface area contributed by atoms with E-state index in [4.69, 9.17) is 5.26 Å². The number of nitrogens with zero attached hydrogens (tertiary/aromatic N) is 3. The van der Waals surface area contributed by atoms with Gasteiger partial charge in [0.2, 0.25) is 0 Å². The van der Waals surface area contributed by atoms with Crippen molar-refractivity contribution in [3.63, 3.8) is 0 Å². The molecule has 22 heavy (non-hydrogen) atoms. The van der Waals surface area contributed by atoms with E-state index in [1.807, 2.05) is 42.8 Å². The van der Waals surface area contributed by atoms with Crippen LogP contribution in [0.4, 0.5) is 0 Å². The van der Waals surface area contributed by atoms with Gasteiger partial charge in [0.15, 0.2) is 0 Å².